The minimum absolute atomic E-state index is 0.0586. The zero-order valence-electron chi connectivity index (χ0n) is 20.0. The number of carbonyl (C=O) groups excluding carboxylic acids is 1. The predicted molar refractivity (Wildman–Crippen MR) is 126 cm³/mol. The Labute approximate surface area is 199 Å². The van der Waals surface area contributed by atoms with E-state index in [0.717, 1.165) is 21.8 Å². The van der Waals surface area contributed by atoms with Gasteiger partial charge >= 0.3 is 5.97 Å². The first-order valence-electron chi connectivity index (χ1n) is 11.0. The fraction of sp³-hybridized carbons (Fsp3) is 0.417. The maximum Gasteiger partial charge on any atom is 0.344 e. The van der Waals surface area contributed by atoms with E-state index in [0.29, 0.717) is 29.4 Å². The van der Waals surface area contributed by atoms with E-state index in [2.05, 4.69) is 4.98 Å². The smallest absolute Gasteiger partial charge is 0.344 e. The number of sulfonamides is 1. The van der Waals surface area contributed by atoms with Crippen molar-refractivity contribution in [1.82, 2.24) is 13.9 Å². The largest absolute Gasteiger partial charge is 0.483 e. The van der Waals surface area contributed by atoms with Crippen molar-refractivity contribution in [1.29, 1.82) is 0 Å². The molecular formula is C24H29N3O6S. The third-order valence-corrected chi connectivity index (χ3v) is 7.47. The number of hydrogen-bond donors (Lipinski definition) is 0. The van der Waals surface area contributed by atoms with Gasteiger partial charge in [-0.3, -0.25) is 0 Å². The minimum atomic E-state index is -3.58. The van der Waals surface area contributed by atoms with Crippen molar-refractivity contribution < 1.29 is 27.4 Å². The highest BCUT2D eigenvalue weighted by Gasteiger charge is 2.32. The van der Waals surface area contributed by atoms with Gasteiger partial charge in [0, 0.05) is 32.6 Å². The second-order valence-corrected chi connectivity index (χ2v) is 11.1. The van der Waals surface area contributed by atoms with Crippen LogP contribution in [0.4, 0.5) is 0 Å². The Hall–Kier alpha value is -3.11. The van der Waals surface area contributed by atoms with Crippen molar-refractivity contribution in [2.75, 3.05) is 20.7 Å². The molecule has 0 bridgehead atoms. The highest BCUT2D eigenvalue weighted by molar-refractivity contribution is 7.89. The highest BCUT2D eigenvalue weighted by atomic mass is 32.2. The average Bonchev–Trinajstić information content (AvgIpc) is 3.30. The summed E-state index contributed by atoms with van der Waals surface area (Å²) in [6.07, 6.45) is 0.773. The molecule has 0 fully saturated rings. The summed E-state index contributed by atoms with van der Waals surface area (Å²) < 4.78 is 45.0. The van der Waals surface area contributed by atoms with Crippen molar-refractivity contribution >= 4 is 27.0 Å². The number of imidazole rings is 1. The van der Waals surface area contributed by atoms with Crippen molar-refractivity contribution in [3.8, 4) is 11.5 Å². The first-order valence-corrected chi connectivity index (χ1v) is 12.5. The SMILES string of the molecule is CCn1c(COC(=O)COc2cccc3c2OC(C)(C)C3)nc2cc(S(=O)(=O)N(C)C)ccc21. The molecule has 1 aliphatic rings. The Kier molecular flexibility index (Phi) is 6.30. The van der Waals surface area contributed by atoms with Gasteiger partial charge in [0.1, 0.15) is 18.0 Å². The van der Waals surface area contributed by atoms with E-state index >= 15 is 0 Å². The molecule has 0 amide bonds. The van der Waals surface area contributed by atoms with Crippen LogP contribution in [0.25, 0.3) is 11.0 Å². The summed E-state index contributed by atoms with van der Waals surface area (Å²) in [6, 6.07) is 10.4. The van der Waals surface area contributed by atoms with Gasteiger partial charge in [-0.2, -0.15) is 0 Å². The van der Waals surface area contributed by atoms with Gasteiger partial charge in [-0.25, -0.2) is 22.5 Å². The van der Waals surface area contributed by atoms with E-state index in [-0.39, 0.29) is 23.7 Å². The Morgan fingerprint density at radius 3 is 2.71 bits per heavy atom. The van der Waals surface area contributed by atoms with Gasteiger partial charge in [0.15, 0.2) is 18.1 Å². The number of rotatable bonds is 8. The lowest BCUT2D eigenvalue weighted by molar-refractivity contribution is -0.147. The van der Waals surface area contributed by atoms with Crippen LogP contribution < -0.4 is 9.47 Å². The molecular weight excluding hydrogens is 458 g/mol. The van der Waals surface area contributed by atoms with Crippen molar-refractivity contribution in [2.24, 2.45) is 0 Å². The van der Waals surface area contributed by atoms with Crippen LogP contribution in [0.3, 0.4) is 0 Å². The van der Waals surface area contributed by atoms with E-state index in [1.165, 1.54) is 20.2 Å². The maximum absolute atomic E-state index is 12.4. The van der Waals surface area contributed by atoms with E-state index in [9.17, 15) is 13.2 Å². The second-order valence-electron chi connectivity index (χ2n) is 8.94. The molecule has 2 heterocycles. The molecule has 1 aliphatic heterocycles. The lowest BCUT2D eigenvalue weighted by Crippen LogP contribution is -2.24. The molecule has 0 aliphatic carbocycles. The van der Waals surface area contributed by atoms with Crippen molar-refractivity contribution in [3.05, 3.63) is 47.8 Å². The molecule has 0 saturated heterocycles. The summed E-state index contributed by atoms with van der Waals surface area (Å²) in [6.45, 7) is 6.21. The van der Waals surface area contributed by atoms with E-state index in [1.807, 2.05) is 37.5 Å². The predicted octanol–water partition coefficient (Wildman–Crippen LogP) is 3.14. The molecule has 0 radical (unpaired) electrons. The standard InChI is InChI=1S/C24H29N3O6S/c1-6-27-19-11-10-17(34(29,30)26(4)5)12-18(19)25-21(27)14-32-22(28)15-31-20-9-7-8-16-13-24(2,3)33-23(16)20/h7-12H,6,13-15H2,1-5H3. The molecule has 0 atom stereocenters. The fourth-order valence-corrected chi connectivity index (χ4v) is 4.94. The van der Waals surface area contributed by atoms with Crippen LogP contribution in [0.1, 0.15) is 32.2 Å². The number of nitrogens with zero attached hydrogens (tertiary/aromatic N) is 3. The van der Waals surface area contributed by atoms with Gasteiger partial charge in [0.05, 0.1) is 15.9 Å². The molecule has 182 valence electrons. The third-order valence-electron chi connectivity index (χ3n) is 5.66. The lowest BCUT2D eigenvalue weighted by atomic mass is 10.0. The number of aryl methyl sites for hydroxylation is 1. The summed E-state index contributed by atoms with van der Waals surface area (Å²) in [5, 5.41) is 0. The van der Waals surface area contributed by atoms with Gasteiger partial charge in [-0.1, -0.05) is 12.1 Å². The number of fused-ring (bicyclic) bond motifs is 2. The van der Waals surface area contributed by atoms with Crippen LogP contribution in [0.2, 0.25) is 0 Å². The van der Waals surface area contributed by atoms with E-state index in [1.54, 1.807) is 18.2 Å². The van der Waals surface area contributed by atoms with Gasteiger partial charge < -0.3 is 18.8 Å². The maximum atomic E-state index is 12.4. The molecule has 1 aromatic heterocycles. The Morgan fingerprint density at radius 2 is 2.00 bits per heavy atom. The Morgan fingerprint density at radius 1 is 1.24 bits per heavy atom. The summed E-state index contributed by atoms with van der Waals surface area (Å²) in [5.74, 6) is 1.16. The molecule has 9 nitrogen and oxygen atoms in total. The number of para-hydroxylation sites is 1. The van der Waals surface area contributed by atoms with Crippen LogP contribution in [-0.4, -0.2) is 54.5 Å². The molecule has 3 aromatic rings. The van der Waals surface area contributed by atoms with E-state index in [4.69, 9.17) is 14.2 Å². The number of hydrogen-bond acceptors (Lipinski definition) is 7. The van der Waals surface area contributed by atoms with E-state index < -0.39 is 16.0 Å². The first kappa shape index (κ1) is 24.0. The number of carbonyl (C=O) groups is 1. The molecule has 4 rings (SSSR count). The second kappa shape index (κ2) is 8.92. The average molecular weight is 488 g/mol. The number of aromatic nitrogens is 2. The first-order chi connectivity index (χ1) is 16.0. The highest BCUT2D eigenvalue weighted by Crippen LogP contribution is 2.41. The summed E-state index contributed by atoms with van der Waals surface area (Å²) in [4.78, 5) is 17.1. The topological polar surface area (TPSA) is 100.0 Å². The monoisotopic (exact) mass is 487 g/mol. The van der Waals surface area contributed by atoms with Crippen molar-refractivity contribution in [3.63, 3.8) is 0 Å². The quantitative estimate of drug-likeness (QED) is 0.450. The Bertz CT molecular complexity index is 1340. The fourth-order valence-electron chi connectivity index (χ4n) is 4.02. The summed E-state index contributed by atoms with van der Waals surface area (Å²) >= 11 is 0. The number of benzene rings is 2. The molecule has 2 aromatic carbocycles. The molecule has 0 saturated carbocycles. The van der Waals surface area contributed by atoms with Crippen LogP contribution in [0.5, 0.6) is 11.5 Å². The third kappa shape index (κ3) is 4.60. The molecule has 34 heavy (non-hydrogen) atoms. The normalized spacial score (nSPS) is 14.8. The minimum Gasteiger partial charge on any atom is -0.483 e. The Balaban J connectivity index is 1.44. The molecule has 10 heteroatoms. The van der Waals surface area contributed by atoms with Gasteiger partial charge in [0.2, 0.25) is 10.0 Å². The molecule has 0 N–H and O–H groups in total. The van der Waals surface area contributed by atoms with Crippen LogP contribution in [-0.2, 0) is 39.1 Å². The number of esters is 1. The summed E-state index contributed by atoms with van der Waals surface area (Å²) in [5.41, 5.74) is 2.02. The van der Waals surface area contributed by atoms with Gasteiger partial charge in [-0.05, 0) is 45.0 Å². The van der Waals surface area contributed by atoms with Gasteiger partial charge in [-0.15, -0.1) is 0 Å². The number of ether oxygens (including phenoxy) is 3. The van der Waals surface area contributed by atoms with Gasteiger partial charge in [0.25, 0.3) is 0 Å². The van der Waals surface area contributed by atoms with Crippen LogP contribution in [0.15, 0.2) is 41.3 Å². The van der Waals surface area contributed by atoms with Crippen LogP contribution in [0, 0.1) is 0 Å². The lowest BCUT2D eigenvalue weighted by Gasteiger charge is -2.18. The van der Waals surface area contributed by atoms with Crippen molar-refractivity contribution in [2.45, 2.75) is 50.8 Å². The zero-order chi connectivity index (χ0) is 24.7. The molecule has 0 unspecified atom stereocenters. The molecule has 0 spiro atoms. The zero-order valence-corrected chi connectivity index (χ0v) is 20.8. The van der Waals surface area contributed by atoms with Crippen LogP contribution >= 0.6 is 0 Å². The summed E-state index contributed by atoms with van der Waals surface area (Å²) in [7, 11) is -0.618.